The quantitative estimate of drug-likeness (QED) is 0.766. The van der Waals surface area contributed by atoms with Crippen LogP contribution in [0.15, 0.2) is 42.6 Å². The lowest BCUT2D eigenvalue weighted by atomic mass is 9.97. The van der Waals surface area contributed by atoms with Crippen LogP contribution < -0.4 is 10.2 Å². The predicted molar refractivity (Wildman–Crippen MR) is 96.1 cm³/mol. The molecule has 3 heterocycles. The second-order valence-electron chi connectivity index (χ2n) is 6.67. The Morgan fingerprint density at radius 1 is 1.22 bits per heavy atom. The van der Waals surface area contributed by atoms with Crippen molar-refractivity contribution in [3.8, 4) is 0 Å². The van der Waals surface area contributed by atoms with Crippen LogP contribution in [-0.2, 0) is 11.3 Å². The maximum absolute atomic E-state index is 13.7. The second-order valence-corrected chi connectivity index (χ2v) is 6.67. The first-order valence-electron chi connectivity index (χ1n) is 8.88. The fourth-order valence-electron chi connectivity index (χ4n) is 3.41. The SMILES string of the molecule is O=C(NCc1ccc(F)cc1F)[C@@H]1CCCN(c2nnc3ccccn23)C1. The van der Waals surface area contributed by atoms with Gasteiger partial charge in [0.1, 0.15) is 11.6 Å². The molecule has 0 radical (unpaired) electrons. The Morgan fingerprint density at radius 2 is 2.11 bits per heavy atom. The molecule has 1 N–H and O–H groups in total. The molecule has 1 saturated heterocycles. The third-order valence-corrected chi connectivity index (χ3v) is 4.84. The third-order valence-electron chi connectivity index (χ3n) is 4.84. The number of hydrogen-bond acceptors (Lipinski definition) is 4. The summed E-state index contributed by atoms with van der Waals surface area (Å²) in [6.45, 7) is 1.36. The number of anilines is 1. The maximum atomic E-state index is 13.7. The summed E-state index contributed by atoms with van der Waals surface area (Å²) >= 11 is 0. The van der Waals surface area contributed by atoms with Crippen molar-refractivity contribution in [2.24, 2.45) is 5.92 Å². The van der Waals surface area contributed by atoms with Gasteiger partial charge in [-0.15, -0.1) is 10.2 Å². The summed E-state index contributed by atoms with van der Waals surface area (Å²) in [5, 5.41) is 11.2. The fourth-order valence-corrected chi connectivity index (χ4v) is 3.41. The van der Waals surface area contributed by atoms with Crippen molar-refractivity contribution >= 4 is 17.5 Å². The highest BCUT2D eigenvalue weighted by molar-refractivity contribution is 5.79. The van der Waals surface area contributed by atoms with Gasteiger partial charge in [0.25, 0.3) is 0 Å². The van der Waals surface area contributed by atoms with Gasteiger partial charge in [-0.2, -0.15) is 0 Å². The molecule has 0 bridgehead atoms. The van der Waals surface area contributed by atoms with Gasteiger partial charge in [0.15, 0.2) is 5.65 Å². The van der Waals surface area contributed by atoms with Gasteiger partial charge in [0, 0.05) is 37.5 Å². The average Bonchev–Trinajstić information content (AvgIpc) is 3.11. The molecule has 0 aliphatic carbocycles. The van der Waals surface area contributed by atoms with E-state index in [1.165, 1.54) is 12.1 Å². The van der Waals surface area contributed by atoms with E-state index in [-0.39, 0.29) is 23.9 Å². The van der Waals surface area contributed by atoms with Gasteiger partial charge < -0.3 is 10.2 Å². The van der Waals surface area contributed by atoms with Gasteiger partial charge in [-0.25, -0.2) is 8.78 Å². The lowest BCUT2D eigenvalue weighted by Gasteiger charge is -2.32. The van der Waals surface area contributed by atoms with Crippen LogP contribution in [0.5, 0.6) is 0 Å². The molecular formula is C19H19F2N5O. The number of benzene rings is 1. The molecule has 0 spiro atoms. The molecule has 8 heteroatoms. The number of hydrogen-bond donors (Lipinski definition) is 1. The largest absolute Gasteiger partial charge is 0.352 e. The molecule has 27 heavy (non-hydrogen) atoms. The van der Waals surface area contributed by atoms with Crippen LogP contribution in [0.4, 0.5) is 14.7 Å². The molecule has 140 valence electrons. The smallest absolute Gasteiger partial charge is 0.231 e. The number of aromatic nitrogens is 3. The normalized spacial score (nSPS) is 17.3. The number of carbonyl (C=O) groups is 1. The Hall–Kier alpha value is -3.03. The standard InChI is InChI=1S/C19H19F2N5O/c20-15-7-6-13(16(21)10-15)11-22-18(27)14-4-3-8-25(12-14)19-24-23-17-5-1-2-9-26(17)19/h1-2,5-7,9-10,14H,3-4,8,11-12H2,(H,22,27)/t14-/m1/s1. The van der Waals surface area contributed by atoms with Gasteiger partial charge in [0.05, 0.1) is 5.92 Å². The van der Waals surface area contributed by atoms with E-state index in [9.17, 15) is 13.6 Å². The Bertz CT molecular complexity index is 974. The van der Waals surface area contributed by atoms with Crippen LogP contribution in [-0.4, -0.2) is 33.6 Å². The maximum Gasteiger partial charge on any atom is 0.231 e. The number of nitrogens with zero attached hydrogens (tertiary/aromatic N) is 4. The molecule has 4 rings (SSSR count). The number of piperidine rings is 1. The minimum absolute atomic E-state index is 0.0370. The highest BCUT2D eigenvalue weighted by atomic mass is 19.1. The molecule has 1 fully saturated rings. The number of amides is 1. The van der Waals surface area contributed by atoms with E-state index in [1.54, 1.807) is 0 Å². The number of carbonyl (C=O) groups excluding carboxylic acids is 1. The van der Waals surface area contributed by atoms with E-state index in [4.69, 9.17) is 0 Å². The van der Waals surface area contributed by atoms with Crippen molar-refractivity contribution in [3.63, 3.8) is 0 Å². The number of fused-ring (bicyclic) bond motifs is 1. The first-order chi connectivity index (χ1) is 13.1. The molecule has 6 nitrogen and oxygen atoms in total. The van der Waals surface area contributed by atoms with E-state index in [2.05, 4.69) is 15.5 Å². The highest BCUT2D eigenvalue weighted by Crippen LogP contribution is 2.22. The lowest BCUT2D eigenvalue weighted by molar-refractivity contribution is -0.125. The average molecular weight is 371 g/mol. The third kappa shape index (κ3) is 3.60. The van der Waals surface area contributed by atoms with Gasteiger partial charge >= 0.3 is 0 Å². The molecular weight excluding hydrogens is 352 g/mol. The first kappa shape index (κ1) is 17.4. The number of pyridine rings is 1. The molecule has 3 aromatic rings. The minimum atomic E-state index is -0.657. The van der Waals surface area contributed by atoms with Gasteiger partial charge in [0.2, 0.25) is 11.9 Å². The van der Waals surface area contributed by atoms with Crippen LogP contribution in [0.2, 0.25) is 0 Å². The van der Waals surface area contributed by atoms with Crippen LogP contribution in [0.25, 0.3) is 5.65 Å². The zero-order valence-corrected chi connectivity index (χ0v) is 14.6. The Kier molecular flexibility index (Phi) is 4.70. The van der Waals surface area contributed by atoms with Crippen molar-refractivity contribution in [1.29, 1.82) is 0 Å². The van der Waals surface area contributed by atoms with E-state index < -0.39 is 11.6 Å². The Balaban J connectivity index is 1.42. The number of nitrogens with one attached hydrogen (secondary N) is 1. The molecule has 1 atom stereocenters. The van der Waals surface area contributed by atoms with E-state index in [0.29, 0.717) is 12.5 Å². The minimum Gasteiger partial charge on any atom is -0.352 e. The van der Waals surface area contributed by atoms with Crippen molar-refractivity contribution < 1.29 is 13.6 Å². The lowest BCUT2D eigenvalue weighted by Crippen LogP contribution is -2.43. The van der Waals surface area contributed by atoms with Crippen molar-refractivity contribution in [2.45, 2.75) is 19.4 Å². The summed E-state index contributed by atoms with van der Waals surface area (Å²) in [6.07, 6.45) is 3.50. The molecule has 1 aliphatic heterocycles. The fraction of sp³-hybridized carbons (Fsp3) is 0.316. The van der Waals surface area contributed by atoms with Gasteiger partial charge in [-0.05, 0) is 31.0 Å². The molecule has 0 unspecified atom stereocenters. The molecule has 1 amide bonds. The van der Waals surface area contributed by atoms with Crippen molar-refractivity contribution in [2.75, 3.05) is 18.0 Å². The van der Waals surface area contributed by atoms with E-state index in [1.807, 2.05) is 33.7 Å². The number of rotatable bonds is 4. The summed E-state index contributed by atoms with van der Waals surface area (Å²) < 4.78 is 28.6. The van der Waals surface area contributed by atoms with Crippen LogP contribution in [0, 0.1) is 17.6 Å². The summed E-state index contributed by atoms with van der Waals surface area (Å²) in [4.78, 5) is 14.6. The molecule has 2 aromatic heterocycles. The van der Waals surface area contributed by atoms with Gasteiger partial charge in [-0.1, -0.05) is 12.1 Å². The summed E-state index contributed by atoms with van der Waals surface area (Å²) in [5.74, 6) is -0.940. The van der Waals surface area contributed by atoms with E-state index >= 15 is 0 Å². The second kappa shape index (κ2) is 7.30. The zero-order valence-electron chi connectivity index (χ0n) is 14.6. The van der Waals surface area contributed by atoms with Gasteiger partial charge in [-0.3, -0.25) is 9.20 Å². The monoisotopic (exact) mass is 371 g/mol. The van der Waals surface area contributed by atoms with Crippen LogP contribution in [0.1, 0.15) is 18.4 Å². The first-order valence-corrected chi connectivity index (χ1v) is 8.88. The van der Waals surface area contributed by atoms with E-state index in [0.717, 1.165) is 31.1 Å². The Labute approximate surface area is 154 Å². The topological polar surface area (TPSA) is 62.5 Å². The van der Waals surface area contributed by atoms with Crippen molar-refractivity contribution in [3.05, 3.63) is 59.8 Å². The summed E-state index contributed by atoms with van der Waals surface area (Å²) in [7, 11) is 0. The van der Waals surface area contributed by atoms with Crippen LogP contribution in [0.3, 0.4) is 0 Å². The molecule has 1 aliphatic rings. The molecule has 0 saturated carbocycles. The predicted octanol–water partition coefficient (Wildman–Crippen LogP) is 2.54. The Morgan fingerprint density at radius 3 is 2.96 bits per heavy atom. The summed E-state index contributed by atoms with van der Waals surface area (Å²) in [5.41, 5.74) is 1.02. The summed E-state index contributed by atoms with van der Waals surface area (Å²) in [6, 6.07) is 9.03. The molecule has 1 aromatic carbocycles. The number of halogens is 2. The van der Waals surface area contributed by atoms with Crippen molar-refractivity contribution in [1.82, 2.24) is 19.9 Å². The zero-order chi connectivity index (χ0) is 18.8. The van der Waals surface area contributed by atoms with Crippen LogP contribution >= 0.6 is 0 Å². The highest BCUT2D eigenvalue weighted by Gasteiger charge is 2.28.